The Labute approximate surface area is 168 Å². The number of amides is 2. The van der Waals surface area contributed by atoms with Gasteiger partial charge in [0.25, 0.3) is 0 Å². The summed E-state index contributed by atoms with van der Waals surface area (Å²) in [6.45, 7) is 4.24. The van der Waals surface area contributed by atoms with Crippen molar-refractivity contribution in [2.24, 2.45) is 0 Å². The molecular weight excluding hydrogens is 387 g/mol. The highest BCUT2D eigenvalue weighted by atomic mass is 35.5. The Morgan fingerprint density at radius 2 is 1.78 bits per heavy atom. The summed E-state index contributed by atoms with van der Waals surface area (Å²) in [4.78, 5) is 27.5. The van der Waals surface area contributed by atoms with Crippen molar-refractivity contribution in [3.05, 3.63) is 64.9 Å². The topological polar surface area (TPSA) is 49.4 Å². The molecular formula is C20H22ClFN2O2S. The van der Waals surface area contributed by atoms with Crippen molar-refractivity contribution in [1.29, 1.82) is 0 Å². The molecule has 27 heavy (non-hydrogen) atoms. The zero-order chi connectivity index (χ0) is 19.8. The van der Waals surface area contributed by atoms with E-state index in [1.165, 1.54) is 28.8 Å². The van der Waals surface area contributed by atoms with Crippen molar-refractivity contribution < 1.29 is 14.0 Å². The van der Waals surface area contributed by atoms with E-state index in [4.69, 9.17) is 11.6 Å². The number of likely N-dealkylation sites (N-methyl/N-ethyl adjacent to an activating group) is 1. The van der Waals surface area contributed by atoms with Crippen LogP contribution < -0.4 is 5.32 Å². The number of carbonyl (C=O) groups excluding carboxylic acids is 2. The van der Waals surface area contributed by atoms with Crippen LogP contribution in [0.1, 0.15) is 19.4 Å². The van der Waals surface area contributed by atoms with Gasteiger partial charge in [-0.2, -0.15) is 0 Å². The van der Waals surface area contributed by atoms with Gasteiger partial charge in [-0.15, -0.1) is 11.8 Å². The molecule has 2 amide bonds. The van der Waals surface area contributed by atoms with Crippen LogP contribution in [0, 0.1) is 5.82 Å². The predicted octanol–water partition coefficient (Wildman–Crippen LogP) is 4.12. The number of nitrogens with one attached hydrogen (secondary N) is 1. The highest BCUT2D eigenvalue weighted by molar-refractivity contribution is 8.00. The quantitative estimate of drug-likeness (QED) is 0.668. The summed E-state index contributed by atoms with van der Waals surface area (Å²) in [5.74, 6) is -0.541. The number of hydrogen-bond acceptors (Lipinski definition) is 3. The SMILES string of the molecule is CCNC(=O)C(C)N(Cc1ccc(F)cc1)C(=O)CSc1ccc(Cl)cc1. The second kappa shape index (κ2) is 10.3. The molecule has 2 aromatic carbocycles. The van der Waals surface area contributed by atoms with Crippen LogP contribution in [0.25, 0.3) is 0 Å². The Bertz CT molecular complexity index is 769. The molecule has 0 aromatic heterocycles. The molecule has 1 N–H and O–H groups in total. The molecule has 0 heterocycles. The van der Waals surface area contributed by atoms with Gasteiger partial charge in [0, 0.05) is 23.0 Å². The minimum Gasteiger partial charge on any atom is -0.355 e. The van der Waals surface area contributed by atoms with E-state index in [1.807, 2.05) is 19.1 Å². The third-order valence-corrected chi connectivity index (χ3v) is 5.21. The van der Waals surface area contributed by atoms with Gasteiger partial charge >= 0.3 is 0 Å². The molecule has 2 aromatic rings. The lowest BCUT2D eigenvalue weighted by Crippen LogP contribution is -2.48. The fourth-order valence-electron chi connectivity index (χ4n) is 2.45. The average molecular weight is 409 g/mol. The Morgan fingerprint density at radius 3 is 2.37 bits per heavy atom. The second-order valence-corrected chi connectivity index (χ2v) is 7.45. The lowest BCUT2D eigenvalue weighted by atomic mass is 10.1. The number of halogens is 2. The molecule has 0 fully saturated rings. The van der Waals surface area contributed by atoms with E-state index in [-0.39, 0.29) is 29.9 Å². The summed E-state index contributed by atoms with van der Waals surface area (Å²) in [6, 6.07) is 12.5. The maximum atomic E-state index is 13.1. The van der Waals surface area contributed by atoms with Gasteiger partial charge < -0.3 is 10.2 Å². The molecule has 0 bridgehead atoms. The van der Waals surface area contributed by atoms with Crippen LogP contribution >= 0.6 is 23.4 Å². The number of carbonyl (C=O) groups is 2. The Hall–Kier alpha value is -2.05. The molecule has 7 heteroatoms. The van der Waals surface area contributed by atoms with E-state index in [9.17, 15) is 14.0 Å². The predicted molar refractivity (Wildman–Crippen MR) is 107 cm³/mol. The summed E-state index contributed by atoms with van der Waals surface area (Å²) >= 11 is 7.26. The summed E-state index contributed by atoms with van der Waals surface area (Å²) in [5, 5.41) is 3.37. The Morgan fingerprint density at radius 1 is 1.15 bits per heavy atom. The number of thioether (sulfide) groups is 1. The van der Waals surface area contributed by atoms with E-state index in [0.29, 0.717) is 11.6 Å². The summed E-state index contributed by atoms with van der Waals surface area (Å²) in [7, 11) is 0. The lowest BCUT2D eigenvalue weighted by molar-refractivity contribution is -0.138. The zero-order valence-electron chi connectivity index (χ0n) is 15.2. The van der Waals surface area contributed by atoms with E-state index >= 15 is 0 Å². The first-order chi connectivity index (χ1) is 12.9. The largest absolute Gasteiger partial charge is 0.355 e. The van der Waals surface area contributed by atoms with Crippen LogP contribution in [-0.4, -0.2) is 35.1 Å². The molecule has 1 unspecified atom stereocenters. The van der Waals surface area contributed by atoms with Crippen LogP contribution in [-0.2, 0) is 16.1 Å². The van der Waals surface area contributed by atoms with Crippen LogP contribution in [0.3, 0.4) is 0 Å². The molecule has 0 aliphatic carbocycles. The molecule has 0 aliphatic rings. The van der Waals surface area contributed by atoms with Crippen molar-refractivity contribution in [2.75, 3.05) is 12.3 Å². The van der Waals surface area contributed by atoms with Crippen molar-refractivity contribution >= 4 is 35.2 Å². The van der Waals surface area contributed by atoms with E-state index in [1.54, 1.807) is 31.2 Å². The van der Waals surface area contributed by atoms with Crippen LogP contribution in [0.5, 0.6) is 0 Å². The van der Waals surface area contributed by atoms with Gasteiger partial charge in [-0.25, -0.2) is 4.39 Å². The van der Waals surface area contributed by atoms with Gasteiger partial charge in [0.15, 0.2) is 0 Å². The van der Waals surface area contributed by atoms with E-state index < -0.39 is 6.04 Å². The minimum absolute atomic E-state index is 0.168. The zero-order valence-corrected chi connectivity index (χ0v) is 16.8. The maximum Gasteiger partial charge on any atom is 0.242 e. The highest BCUT2D eigenvalue weighted by Crippen LogP contribution is 2.21. The molecule has 4 nitrogen and oxygen atoms in total. The summed E-state index contributed by atoms with van der Waals surface area (Å²) in [6.07, 6.45) is 0. The maximum absolute atomic E-state index is 13.1. The highest BCUT2D eigenvalue weighted by Gasteiger charge is 2.25. The van der Waals surface area contributed by atoms with Gasteiger partial charge in [-0.05, 0) is 55.8 Å². The number of hydrogen-bond donors (Lipinski definition) is 1. The van der Waals surface area contributed by atoms with Crippen molar-refractivity contribution in [1.82, 2.24) is 10.2 Å². The molecule has 0 saturated heterocycles. The minimum atomic E-state index is -0.631. The summed E-state index contributed by atoms with van der Waals surface area (Å²) < 4.78 is 13.1. The van der Waals surface area contributed by atoms with Gasteiger partial charge in [0.2, 0.25) is 11.8 Å². The fourth-order valence-corrected chi connectivity index (χ4v) is 3.36. The molecule has 0 radical (unpaired) electrons. The second-order valence-electron chi connectivity index (χ2n) is 5.96. The molecule has 1 atom stereocenters. The monoisotopic (exact) mass is 408 g/mol. The first kappa shape index (κ1) is 21.3. The van der Waals surface area contributed by atoms with E-state index in [0.717, 1.165) is 10.5 Å². The van der Waals surface area contributed by atoms with Crippen molar-refractivity contribution in [3.8, 4) is 0 Å². The van der Waals surface area contributed by atoms with Crippen LogP contribution in [0.2, 0.25) is 5.02 Å². The third-order valence-electron chi connectivity index (χ3n) is 3.96. The average Bonchev–Trinajstić information content (AvgIpc) is 2.66. The first-order valence-corrected chi connectivity index (χ1v) is 9.97. The number of benzene rings is 2. The first-order valence-electron chi connectivity index (χ1n) is 8.60. The van der Waals surface area contributed by atoms with Crippen LogP contribution in [0.15, 0.2) is 53.4 Å². The van der Waals surface area contributed by atoms with Gasteiger partial charge in [-0.1, -0.05) is 23.7 Å². The van der Waals surface area contributed by atoms with Crippen molar-refractivity contribution in [2.45, 2.75) is 31.3 Å². The molecule has 144 valence electrons. The van der Waals surface area contributed by atoms with E-state index in [2.05, 4.69) is 5.32 Å². The molecule has 0 saturated carbocycles. The normalized spacial score (nSPS) is 11.7. The standard InChI is InChI=1S/C20H22ClFN2O2S/c1-3-23-20(26)14(2)24(12-15-4-8-17(22)9-5-15)19(25)13-27-18-10-6-16(21)7-11-18/h4-11,14H,3,12-13H2,1-2H3,(H,23,26). The number of rotatable bonds is 8. The summed E-state index contributed by atoms with van der Waals surface area (Å²) in [5.41, 5.74) is 0.761. The number of nitrogens with zero attached hydrogens (tertiary/aromatic N) is 1. The van der Waals surface area contributed by atoms with Crippen molar-refractivity contribution in [3.63, 3.8) is 0 Å². The van der Waals surface area contributed by atoms with Gasteiger partial charge in [-0.3, -0.25) is 9.59 Å². The fraction of sp³-hybridized carbons (Fsp3) is 0.300. The Balaban J connectivity index is 2.11. The van der Waals surface area contributed by atoms with Crippen LogP contribution in [0.4, 0.5) is 4.39 Å². The lowest BCUT2D eigenvalue weighted by Gasteiger charge is -2.28. The third kappa shape index (κ3) is 6.56. The Kier molecular flexibility index (Phi) is 8.13. The molecule has 0 aliphatic heterocycles. The molecule has 0 spiro atoms. The van der Waals surface area contributed by atoms with Gasteiger partial charge in [0.1, 0.15) is 11.9 Å². The smallest absolute Gasteiger partial charge is 0.242 e. The molecule has 2 rings (SSSR count). The van der Waals surface area contributed by atoms with Gasteiger partial charge in [0.05, 0.1) is 5.75 Å².